The van der Waals surface area contributed by atoms with E-state index in [9.17, 15) is 14.4 Å². The number of nitrogens with zero attached hydrogens (tertiary/aromatic N) is 4. The first kappa shape index (κ1) is 38.6. The van der Waals surface area contributed by atoms with Gasteiger partial charge >= 0.3 is 5.97 Å². The lowest BCUT2D eigenvalue weighted by Crippen LogP contribution is -2.39. The first-order valence-electron chi connectivity index (χ1n) is 19.0. The second-order valence-corrected chi connectivity index (χ2v) is 13.9. The van der Waals surface area contributed by atoms with E-state index in [2.05, 4.69) is 26.7 Å². The van der Waals surface area contributed by atoms with Gasteiger partial charge in [0.2, 0.25) is 0 Å². The molecule has 2 atom stereocenters. The fourth-order valence-corrected chi connectivity index (χ4v) is 7.48. The van der Waals surface area contributed by atoms with E-state index in [0.29, 0.717) is 72.0 Å². The molecule has 57 heavy (non-hydrogen) atoms. The molecule has 13 nitrogen and oxygen atoms in total. The summed E-state index contributed by atoms with van der Waals surface area (Å²) in [4.78, 5) is 44.4. The highest BCUT2D eigenvalue weighted by molar-refractivity contribution is 6.00. The van der Waals surface area contributed by atoms with Gasteiger partial charge in [0.25, 0.3) is 11.8 Å². The summed E-state index contributed by atoms with van der Waals surface area (Å²) in [5.41, 5.74) is 4.87. The molecule has 1 aliphatic rings. The van der Waals surface area contributed by atoms with Gasteiger partial charge in [0.05, 0.1) is 39.1 Å². The van der Waals surface area contributed by atoms with Crippen molar-refractivity contribution >= 4 is 28.7 Å². The minimum Gasteiger partial charge on any atom is -0.493 e. The van der Waals surface area contributed by atoms with Crippen LogP contribution in [0.2, 0.25) is 0 Å². The van der Waals surface area contributed by atoms with Gasteiger partial charge in [0.15, 0.2) is 11.5 Å². The van der Waals surface area contributed by atoms with Crippen molar-refractivity contribution in [1.29, 1.82) is 0 Å². The predicted molar refractivity (Wildman–Crippen MR) is 214 cm³/mol. The topological polar surface area (TPSA) is 150 Å². The molecule has 13 heteroatoms. The summed E-state index contributed by atoms with van der Waals surface area (Å²) in [6, 6.07) is 27.5. The number of hydrogen-bond acceptors (Lipinski definition) is 9. The quantitative estimate of drug-likeness (QED) is 0.110. The van der Waals surface area contributed by atoms with Crippen LogP contribution >= 0.6 is 0 Å². The molecule has 7 rings (SSSR count). The molecule has 2 amide bonds. The molecule has 0 bridgehead atoms. The zero-order valence-electron chi connectivity index (χ0n) is 32.4. The summed E-state index contributed by atoms with van der Waals surface area (Å²) >= 11 is 0. The third-order valence-electron chi connectivity index (χ3n) is 10.6. The van der Waals surface area contributed by atoms with E-state index < -0.39 is 5.97 Å². The molecule has 6 aromatic rings. The Morgan fingerprint density at radius 1 is 0.860 bits per heavy atom. The number of para-hydroxylation sites is 2. The molecule has 1 saturated heterocycles. The predicted octanol–water partition coefficient (Wildman–Crippen LogP) is 7.13. The lowest BCUT2D eigenvalue weighted by atomic mass is 9.89. The summed E-state index contributed by atoms with van der Waals surface area (Å²) in [6.45, 7) is 3.35. The largest absolute Gasteiger partial charge is 0.493 e. The van der Waals surface area contributed by atoms with Gasteiger partial charge < -0.3 is 34.1 Å². The number of carbonyl (C=O) groups is 3. The minimum atomic E-state index is -0.407. The molecule has 1 fully saturated rings. The fraction of sp³-hybridized carbons (Fsp3) is 0.295. The molecule has 2 aromatic heterocycles. The number of benzene rings is 4. The minimum absolute atomic E-state index is 0.0672. The van der Waals surface area contributed by atoms with E-state index in [1.807, 2.05) is 65.3 Å². The van der Waals surface area contributed by atoms with Gasteiger partial charge in [-0.25, -0.2) is 9.48 Å². The van der Waals surface area contributed by atoms with Crippen molar-refractivity contribution in [2.45, 2.75) is 44.2 Å². The van der Waals surface area contributed by atoms with Gasteiger partial charge in [-0.2, -0.15) is 0 Å². The van der Waals surface area contributed by atoms with Crippen LogP contribution < -0.4 is 19.5 Å². The standard InChI is InChI=1S/C44H46N6O7/c1-5-39(57-32-18-16-28(17-19-32)44(53)56-4)38-27-50(48-47-38)31-20-22-49(23-21-31)43(52)30-11-8-10-29(24-30)42(51)46-26-36(34-13-9-15-40(54-2)41(34)55-3)35-25-45-37-14-7-6-12-33(35)37/h6-19,24-25,27,31,36,39,45H,5,20-23,26H2,1-4H3,(H,46,51). The molecule has 1 aliphatic heterocycles. The molecule has 294 valence electrons. The van der Waals surface area contributed by atoms with Crippen molar-refractivity contribution in [3.05, 3.63) is 137 Å². The van der Waals surface area contributed by atoms with Crippen LogP contribution in [0.25, 0.3) is 10.9 Å². The third kappa shape index (κ3) is 8.32. The van der Waals surface area contributed by atoms with Gasteiger partial charge in [-0.05, 0) is 79.4 Å². The number of piperidine rings is 1. The van der Waals surface area contributed by atoms with Gasteiger partial charge in [-0.1, -0.05) is 48.5 Å². The summed E-state index contributed by atoms with van der Waals surface area (Å²) in [7, 11) is 4.56. The number of rotatable bonds is 14. The Morgan fingerprint density at radius 2 is 1.61 bits per heavy atom. The number of aromatic amines is 1. The first-order chi connectivity index (χ1) is 27.8. The van der Waals surface area contributed by atoms with Crippen LogP contribution in [0.1, 0.15) is 92.1 Å². The molecular weight excluding hydrogens is 725 g/mol. The van der Waals surface area contributed by atoms with Gasteiger partial charge in [-0.15, -0.1) is 5.10 Å². The van der Waals surface area contributed by atoms with Gasteiger partial charge in [0.1, 0.15) is 17.5 Å². The first-order valence-corrected chi connectivity index (χ1v) is 19.0. The molecule has 0 spiro atoms. The SMILES string of the molecule is CCC(Oc1ccc(C(=O)OC)cc1)c1cn(C2CCN(C(=O)c3cccc(C(=O)NCC(c4cccc(OC)c4OC)c4c[nH]c5ccccc45)c3)CC2)nn1. The summed E-state index contributed by atoms with van der Waals surface area (Å²) < 4.78 is 24.2. The Labute approximate surface area is 330 Å². The second-order valence-electron chi connectivity index (χ2n) is 13.9. The molecule has 0 saturated carbocycles. The highest BCUT2D eigenvalue weighted by Crippen LogP contribution is 2.40. The van der Waals surface area contributed by atoms with Gasteiger partial charge in [0, 0.05) is 59.3 Å². The Morgan fingerprint density at radius 3 is 2.35 bits per heavy atom. The van der Waals surface area contributed by atoms with Crippen molar-refractivity contribution in [2.75, 3.05) is 41.0 Å². The van der Waals surface area contributed by atoms with Crippen molar-refractivity contribution < 1.29 is 33.3 Å². The Bertz CT molecular complexity index is 2340. The fourth-order valence-electron chi connectivity index (χ4n) is 7.48. The van der Waals surface area contributed by atoms with E-state index in [4.69, 9.17) is 18.9 Å². The number of nitrogens with one attached hydrogen (secondary N) is 2. The number of likely N-dealkylation sites (tertiary alicyclic amines) is 1. The lowest BCUT2D eigenvalue weighted by molar-refractivity contribution is 0.0599. The van der Waals surface area contributed by atoms with E-state index in [0.717, 1.165) is 22.0 Å². The molecule has 2 N–H and O–H groups in total. The van der Waals surface area contributed by atoms with Crippen LogP contribution in [-0.4, -0.2) is 83.6 Å². The van der Waals surface area contributed by atoms with Crippen LogP contribution in [0.5, 0.6) is 17.2 Å². The number of H-pyrrole nitrogens is 1. The Balaban J connectivity index is 0.987. The number of aromatic nitrogens is 4. The zero-order chi connectivity index (χ0) is 39.9. The van der Waals surface area contributed by atoms with Crippen LogP contribution in [0.3, 0.4) is 0 Å². The van der Waals surface area contributed by atoms with Crippen LogP contribution in [-0.2, 0) is 4.74 Å². The maximum atomic E-state index is 13.7. The maximum Gasteiger partial charge on any atom is 0.337 e. The molecule has 0 radical (unpaired) electrons. The molecule has 0 aliphatic carbocycles. The van der Waals surface area contributed by atoms with Gasteiger partial charge in [-0.3, -0.25) is 9.59 Å². The average Bonchev–Trinajstić information content (AvgIpc) is 3.94. The monoisotopic (exact) mass is 770 g/mol. The lowest BCUT2D eigenvalue weighted by Gasteiger charge is -2.32. The highest BCUT2D eigenvalue weighted by atomic mass is 16.5. The molecular formula is C44H46N6O7. The second kappa shape index (κ2) is 17.4. The molecule has 2 unspecified atom stereocenters. The number of ether oxygens (including phenoxy) is 4. The Hall–Kier alpha value is -6.63. The highest BCUT2D eigenvalue weighted by Gasteiger charge is 2.28. The van der Waals surface area contributed by atoms with Crippen molar-refractivity contribution in [3.63, 3.8) is 0 Å². The zero-order valence-corrected chi connectivity index (χ0v) is 32.4. The number of amides is 2. The van der Waals surface area contributed by atoms with E-state index in [-0.39, 0.29) is 36.4 Å². The van der Waals surface area contributed by atoms with Crippen LogP contribution in [0.4, 0.5) is 0 Å². The number of fused-ring (bicyclic) bond motifs is 1. The van der Waals surface area contributed by atoms with E-state index >= 15 is 0 Å². The molecule has 4 aromatic carbocycles. The number of hydrogen-bond donors (Lipinski definition) is 2. The summed E-state index contributed by atoms with van der Waals surface area (Å²) in [5, 5.41) is 13.0. The van der Waals surface area contributed by atoms with Crippen LogP contribution in [0, 0.1) is 0 Å². The van der Waals surface area contributed by atoms with E-state index in [1.54, 1.807) is 62.8 Å². The smallest absolute Gasteiger partial charge is 0.337 e. The average molecular weight is 771 g/mol. The number of carbonyl (C=O) groups excluding carboxylic acids is 3. The maximum absolute atomic E-state index is 13.7. The van der Waals surface area contributed by atoms with Crippen molar-refractivity contribution in [2.24, 2.45) is 0 Å². The van der Waals surface area contributed by atoms with E-state index in [1.165, 1.54) is 7.11 Å². The van der Waals surface area contributed by atoms with Crippen molar-refractivity contribution in [3.8, 4) is 17.2 Å². The number of esters is 1. The normalized spacial score (nSPS) is 14.1. The Kier molecular flexibility index (Phi) is 11.8. The summed E-state index contributed by atoms with van der Waals surface area (Å²) in [5.74, 6) is 0.725. The molecule has 3 heterocycles. The number of methoxy groups -OCH3 is 3. The third-order valence-corrected chi connectivity index (χ3v) is 10.6. The summed E-state index contributed by atoms with van der Waals surface area (Å²) in [6.07, 6.45) is 5.63. The van der Waals surface area contributed by atoms with Crippen molar-refractivity contribution in [1.82, 2.24) is 30.2 Å². The van der Waals surface area contributed by atoms with Crippen LogP contribution in [0.15, 0.2) is 103 Å².